The summed E-state index contributed by atoms with van der Waals surface area (Å²) in [4.78, 5) is 0.410. The van der Waals surface area contributed by atoms with Crippen LogP contribution in [0, 0.1) is 6.92 Å². The van der Waals surface area contributed by atoms with Gasteiger partial charge in [-0.1, -0.05) is 80.6 Å². The van der Waals surface area contributed by atoms with E-state index in [1.165, 1.54) is 24.8 Å². The number of sulfonamides is 1. The van der Waals surface area contributed by atoms with E-state index in [1.54, 1.807) is 16.4 Å². The molecule has 26 heavy (non-hydrogen) atoms. The molecule has 0 aromatic heterocycles. The van der Waals surface area contributed by atoms with Crippen molar-refractivity contribution in [1.82, 2.24) is 4.31 Å². The predicted octanol–water partition coefficient (Wildman–Crippen LogP) is 5.12. The largest absolute Gasteiger partial charge is 0.243 e. The topological polar surface area (TPSA) is 37.4 Å². The lowest BCUT2D eigenvalue weighted by atomic mass is 9.82. The van der Waals surface area contributed by atoms with E-state index >= 15 is 0 Å². The minimum atomic E-state index is -3.42. The summed E-state index contributed by atoms with van der Waals surface area (Å²) in [6.45, 7) is 4.75. The van der Waals surface area contributed by atoms with Crippen molar-refractivity contribution in [3.63, 3.8) is 0 Å². The third-order valence-corrected chi connectivity index (χ3v) is 7.32. The lowest BCUT2D eigenvalue weighted by molar-refractivity contribution is 0.145. The average molecular weight is 372 g/mol. The van der Waals surface area contributed by atoms with Crippen molar-refractivity contribution in [2.75, 3.05) is 6.54 Å². The second kappa shape index (κ2) is 8.36. The maximum absolute atomic E-state index is 13.1. The molecule has 0 saturated carbocycles. The van der Waals surface area contributed by atoms with Gasteiger partial charge in [-0.3, -0.25) is 0 Å². The van der Waals surface area contributed by atoms with E-state index in [-0.39, 0.29) is 6.04 Å². The summed E-state index contributed by atoms with van der Waals surface area (Å²) >= 11 is 0. The van der Waals surface area contributed by atoms with Gasteiger partial charge in [0.15, 0.2) is 0 Å². The molecule has 3 rings (SSSR count). The molecule has 3 nitrogen and oxygen atoms in total. The van der Waals surface area contributed by atoms with Gasteiger partial charge in [0.25, 0.3) is 0 Å². The van der Waals surface area contributed by atoms with Crippen LogP contribution in [0.3, 0.4) is 0 Å². The van der Waals surface area contributed by atoms with Gasteiger partial charge in [-0.15, -0.1) is 0 Å². The van der Waals surface area contributed by atoms with Gasteiger partial charge in [0.05, 0.1) is 4.90 Å². The monoisotopic (exact) mass is 371 g/mol. The molecular formula is C22H29NO2S. The molecule has 4 heteroatoms. The Morgan fingerprint density at radius 3 is 2.31 bits per heavy atom. The number of benzene rings is 2. The molecule has 0 N–H and O–H groups in total. The van der Waals surface area contributed by atoms with E-state index in [1.807, 2.05) is 37.3 Å². The summed E-state index contributed by atoms with van der Waals surface area (Å²) in [7, 11) is -3.42. The van der Waals surface area contributed by atoms with Crippen molar-refractivity contribution in [1.29, 1.82) is 0 Å². The summed E-state index contributed by atoms with van der Waals surface area (Å²) in [5.74, 6) is 0.304. The SMILES string of the molecule is CCCCCC[C@H]1[C@H](c2ccccc2)CN1S(=O)(=O)c1ccc(C)cc1. The maximum Gasteiger partial charge on any atom is 0.243 e. The van der Waals surface area contributed by atoms with Gasteiger partial charge >= 0.3 is 0 Å². The van der Waals surface area contributed by atoms with E-state index in [0.717, 1.165) is 18.4 Å². The Hall–Kier alpha value is -1.65. The van der Waals surface area contributed by atoms with E-state index in [9.17, 15) is 8.42 Å². The van der Waals surface area contributed by atoms with Crippen LogP contribution in [0.15, 0.2) is 59.5 Å². The van der Waals surface area contributed by atoms with Crippen LogP contribution in [0.2, 0.25) is 0 Å². The number of nitrogens with zero attached hydrogens (tertiary/aromatic N) is 1. The first-order valence-electron chi connectivity index (χ1n) is 9.67. The number of aryl methyl sites for hydroxylation is 1. The van der Waals surface area contributed by atoms with E-state index in [4.69, 9.17) is 0 Å². The Morgan fingerprint density at radius 1 is 0.962 bits per heavy atom. The van der Waals surface area contributed by atoms with Crippen molar-refractivity contribution < 1.29 is 8.42 Å². The Morgan fingerprint density at radius 2 is 1.65 bits per heavy atom. The quantitative estimate of drug-likeness (QED) is 0.604. The number of rotatable bonds is 8. The highest BCUT2D eigenvalue weighted by Crippen LogP contribution is 2.40. The molecule has 1 aliphatic heterocycles. The molecule has 1 saturated heterocycles. The fourth-order valence-electron chi connectivity index (χ4n) is 3.79. The van der Waals surface area contributed by atoms with Gasteiger partial charge < -0.3 is 0 Å². The van der Waals surface area contributed by atoms with Crippen LogP contribution < -0.4 is 0 Å². The molecule has 0 unspecified atom stereocenters. The van der Waals surface area contributed by atoms with Gasteiger partial charge in [0.2, 0.25) is 10.0 Å². The van der Waals surface area contributed by atoms with Crippen LogP contribution in [0.5, 0.6) is 0 Å². The first-order chi connectivity index (χ1) is 12.5. The molecule has 0 amide bonds. The lowest BCUT2D eigenvalue weighted by Crippen LogP contribution is -2.56. The lowest BCUT2D eigenvalue weighted by Gasteiger charge is -2.47. The van der Waals surface area contributed by atoms with Gasteiger partial charge in [-0.25, -0.2) is 8.42 Å². The normalized spacial score (nSPS) is 20.7. The molecule has 140 valence electrons. The van der Waals surface area contributed by atoms with Crippen LogP contribution in [0.25, 0.3) is 0 Å². The molecule has 2 aromatic rings. The Kier molecular flexibility index (Phi) is 6.15. The van der Waals surface area contributed by atoms with Crippen LogP contribution in [0.1, 0.15) is 56.1 Å². The second-order valence-corrected chi connectivity index (χ2v) is 9.21. The van der Waals surface area contributed by atoms with Gasteiger partial charge in [-0.2, -0.15) is 4.31 Å². The first-order valence-corrected chi connectivity index (χ1v) is 11.1. The smallest absolute Gasteiger partial charge is 0.207 e. The van der Waals surface area contributed by atoms with E-state index < -0.39 is 10.0 Å². The zero-order valence-electron chi connectivity index (χ0n) is 15.8. The Bertz CT molecular complexity index is 800. The van der Waals surface area contributed by atoms with Crippen LogP contribution in [-0.4, -0.2) is 25.3 Å². The molecule has 0 spiro atoms. The minimum Gasteiger partial charge on any atom is -0.207 e. The van der Waals surface area contributed by atoms with E-state index in [0.29, 0.717) is 17.4 Å². The predicted molar refractivity (Wildman–Crippen MR) is 107 cm³/mol. The summed E-state index contributed by atoms with van der Waals surface area (Å²) in [5, 5.41) is 0. The molecule has 1 heterocycles. The number of hydrogen-bond donors (Lipinski definition) is 0. The first kappa shape index (κ1) is 19.1. The van der Waals surface area contributed by atoms with Crippen molar-refractivity contribution in [3.8, 4) is 0 Å². The van der Waals surface area contributed by atoms with Gasteiger partial charge in [0.1, 0.15) is 0 Å². The van der Waals surface area contributed by atoms with Gasteiger partial charge in [0, 0.05) is 18.5 Å². The third kappa shape index (κ3) is 4.02. The highest BCUT2D eigenvalue weighted by molar-refractivity contribution is 7.89. The fraction of sp³-hybridized carbons (Fsp3) is 0.455. The van der Waals surface area contributed by atoms with Crippen molar-refractivity contribution in [2.24, 2.45) is 0 Å². The summed E-state index contributed by atoms with van der Waals surface area (Å²) in [5.41, 5.74) is 2.33. The highest BCUT2D eigenvalue weighted by atomic mass is 32.2. The van der Waals surface area contributed by atoms with Crippen LogP contribution in [0.4, 0.5) is 0 Å². The molecule has 2 atom stereocenters. The summed E-state index contributed by atoms with van der Waals surface area (Å²) in [6, 6.07) is 17.6. The number of unbranched alkanes of at least 4 members (excludes halogenated alkanes) is 3. The zero-order valence-corrected chi connectivity index (χ0v) is 16.6. The van der Waals surface area contributed by atoms with Crippen molar-refractivity contribution in [2.45, 2.75) is 62.8 Å². The number of hydrogen-bond acceptors (Lipinski definition) is 2. The standard InChI is InChI=1S/C22H29NO2S/c1-3-4-5-9-12-22-21(19-10-7-6-8-11-19)17-23(22)26(24,25)20-15-13-18(2)14-16-20/h6-8,10-11,13-16,21-22H,3-5,9,12,17H2,1-2H3/t21-,22-/m0/s1. The third-order valence-electron chi connectivity index (χ3n) is 5.42. The summed E-state index contributed by atoms with van der Waals surface area (Å²) in [6.07, 6.45) is 5.60. The van der Waals surface area contributed by atoms with Crippen LogP contribution >= 0.6 is 0 Å². The molecule has 1 fully saturated rings. The Balaban J connectivity index is 1.80. The maximum atomic E-state index is 13.1. The van der Waals surface area contributed by atoms with Crippen LogP contribution in [-0.2, 0) is 10.0 Å². The molecule has 0 radical (unpaired) electrons. The molecule has 0 bridgehead atoms. The van der Waals surface area contributed by atoms with Crippen molar-refractivity contribution >= 4 is 10.0 Å². The van der Waals surface area contributed by atoms with Crippen molar-refractivity contribution in [3.05, 3.63) is 65.7 Å². The Labute approximate surface area is 158 Å². The fourth-order valence-corrected chi connectivity index (χ4v) is 5.51. The molecule has 0 aliphatic carbocycles. The molecule has 2 aromatic carbocycles. The molecule has 1 aliphatic rings. The average Bonchev–Trinajstić information content (AvgIpc) is 2.62. The molecular weight excluding hydrogens is 342 g/mol. The summed E-state index contributed by atoms with van der Waals surface area (Å²) < 4.78 is 28.0. The minimum absolute atomic E-state index is 0.0700. The second-order valence-electron chi connectivity index (χ2n) is 7.32. The van der Waals surface area contributed by atoms with Gasteiger partial charge in [-0.05, 0) is 31.0 Å². The zero-order chi connectivity index (χ0) is 18.6. The van der Waals surface area contributed by atoms with E-state index in [2.05, 4.69) is 19.1 Å². The highest BCUT2D eigenvalue weighted by Gasteiger charge is 2.46.